The first-order valence-corrected chi connectivity index (χ1v) is 6.90. The summed E-state index contributed by atoms with van der Waals surface area (Å²) in [6, 6.07) is 5.93. The quantitative estimate of drug-likeness (QED) is 0.901. The first-order chi connectivity index (χ1) is 9.01. The standard InChI is InChI=1S/C15H23N3O/c1-12-6-4-7-13(17-12)10-18(3)14(19)15(2)8-5-9-16-11-15/h4,6-7,16H,5,8-11H2,1-3H3. The van der Waals surface area contributed by atoms with Crippen LogP contribution in [0.3, 0.4) is 0 Å². The van der Waals surface area contributed by atoms with E-state index < -0.39 is 0 Å². The van der Waals surface area contributed by atoms with E-state index in [1.165, 1.54) is 0 Å². The van der Waals surface area contributed by atoms with E-state index in [0.717, 1.165) is 37.3 Å². The van der Waals surface area contributed by atoms with Gasteiger partial charge in [0.15, 0.2) is 0 Å². The van der Waals surface area contributed by atoms with Crippen molar-refractivity contribution < 1.29 is 4.79 Å². The Morgan fingerprint density at radius 3 is 2.95 bits per heavy atom. The van der Waals surface area contributed by atoms with Crippen molar-refractivity contribution in [1.29, 1.82) is 0 Å². The highest BCUT2D eigenvalue weighted by atomic mass is 16.2. The second kappa shape index (κ2) is 5.70. The maximum Gasteiger partial charge on any atom is 0.229 e. The SMILES string of the molecule is Cc1cccc(CN(C)C(=O)C2(C)CCCNC2)n1. The Labute approximate surface area is 115 Å². The molecule has 4 nitrogen and oxygen atoms in total. The van der Waals surface area contributed by atoms with E-state index in [4.69, 9.17) is 0 Å². The largest absolute Gasteiger partial charge is 0.339 e. The van der Waals surface area contributed by atoms with Crippen LogP contribution in [0.2, 0.25) is 0 Å². The average Bonchev–Trinajstić information content (AvgIpc) is 2.38. The van der Waals surface area contributed by atoms with Gasteiger partial charge in [-0.2, -0.15) is 0 Å². The zero-order valence-corrected chi connectivity index (χ0v) is 12.1. The third-order valence-electron chi connectivity index (χ3n) is 3.81. The minimum atomic E-state index is -0.267. The van der Waals surface area contributed by atoms with E-state index in [1.54, 1.807) is 4.90 Å². The summed E-state index contributed by atoms with van der Waals surface area (Å²) in [7, 11) is 1.87. The molecule has 1 fully saturated rings. The third kappa shape index (κ3) is 3.32. The minimum absolute atomic E-state index is 0.211. The molecule has 1 aliphatic rings. The van der Waals surface area contributed by atoms with Crippen LogP contribution in [-0.2, 0) is 11.3 Å². The number of hydrogen-bond acceptors (Lipinski definition) is 3. The summed E-state index contributed by atoms with van der Waals surface area (Å²) in [5.74, 6) is 0.211. The van der Waals surface area contributed by atoms with Gasteiger partial charge in [-0.25, -0.2) is 0 Å². The molecule has 0 saturated carbocycles. The highest BCUT2D eigenvalue weighted by Crippen LogP contribution is 2.27. The molecule has 1 saturated heterocycles. The number of aryl methyl sites for hydroxylation is 1. The summed E-state index contributed by atoms with van der Waals surface area (Å²) in [5, 5.41) is 3.32. The number of aromatic nitrogens is 1. The Balaban J connectivity index is 2.03. The Morgan fingerprint density at radius 2 is 2.32 bits per heavy atom. The van der Waals surface area contributed by atoms with Gasteiger partial charge < -0.3 is 10.2 Å². The Hall–Kier alpha value is -1.42. The molecule has 4 heteroatoms. The molecule has 0 aromatic carbocycles. The topological polar surface area (TPSA) is 45.2 Å². The molecule has 1 unspecified atom stereocenters. The molecule has 0 radical (unpaired) electrons. The lowest BCUT2D eigenvalue weighted by Gasteiger charge is -2.36. The summed E-state index contributed by atoms with van der Waals surface area (Å²) in [6.07, 6.45) is 2.03. The smallest absolute Gasteiger partial charge is 0.229 e. The molecule has 1 atom stereocenters. The molecule has 1 aliphatic heterocycles. The number of rotatable bonds is 3. The summed E-state index contributed by atoms with van der Waals surface area (Å²) in [6.45, 7) is 6.40. The van der Waals surface area contributed by atoms with E-state index >= 15 is 0 Å². The molecular formula is C15H23N3O. The third-order valence-corrected chi connectivity index (χ3v) is 3.81. The molecule has 0 spiro atoms. The first-order valence-electron chi connectivity index (χ1n) is 6.90. The van der Waals surface area contributed by atoms with Gasteiger partial charge in [-0.1, -0.05) is 6.07 Å². The maximum atomic E-state index is 12.6. The molecule has 104 valence electrons. The molecular weight excluding hydrogens is 238 g/mol. The van der Waals surface area contributed by atoms with Crippen LogP contribution < -0.4 is 5.32 Å². The fourth-order valence-electron chi connectivity index (χ4n) is 2.70. The average molecular weight is 261 g/mol. The van der Waals surface area contributed by atoms with Crippen molar-refractivity contribution in [2.24, 2.45) is 5.41 Å². The van der Waals surface area contributed by atoms with Gasteiger partial charge >= 0.3 is 0 Å². The predicted octanol–water partition coefficient (Wildman–Crippen LogP) is 1.74. The van der Waals surface area contributed by atoms with Gasteiger partial charge in [0.05, 0.1) is 17.7 Å². The summed E-state index contributed by atoms with van der Waals surface area (Å²) < 4.78 is 0. The maximum absolute atomic E-state index is 12.6. The molecule has 2 rings (SSSR count). The van der Waals surface area contributed by atoms with E-state index in [-0.39, 0.29) is 11.3 Å². The summed E-state index contributed by atoms with van der Waals surface area (Å²) in [5.41, 5.74) is 1.67. The number of pyridine rings is 1. The van der Waals surface area contributed by atoms with Crippen LogP contribution in [0, 0.1) is 12.3 Å². The first kappa shape index (κ1) is 14.0. The van der Waals surface area contributed by atoms with Crippen molar-refractivity contribution in [3.8, 4) is 0 Å². The molecule has 1 N–H and O–H groups in total. The zero-order valence-electron chi connectivity index (χ0n) is 12.1. The van der Waals surface area contributed by atoms with Crippen LogP contribution in [0.25, 0.3) is 0 Å². The van der Waals surface area contributed by atoms with E-state index in [2.05, 4.69) is 17.2 Å². The number of hydrogen-bond donors (Lipinski definition) is 1. The summed E-state index contributed by atoms with van der Waals surface area (Å²) in [4.78, 5) is 18.8. The van der Waals surface area contributed by atoms with Crippen LogP contribution in [0.1, 0.15) is 31.2 Å². The zero-order chi connectivity index (χ0) is 13.9. The van der Waals surface area contributed by atoms with E-state index in [0.29, 0.717) is 6.54 Å². The lowest BCUT2D eigenvalue weighted by Crippen LogP contribution is -2.49. The Morgan fingerprint density at radius 1 is 1.53 bits per heavy atom. The van der Waals surface area contributed by atoms with Gasteiger partial charge in [0.2, 0.25) is 5.91 Å². The molecule has 19 heavy (non-hydrogen) atoms. The number of carbonyl (C=O) groups excluding carboxylic acids is 1. The molecule has 1 amide bonds. The van der Waals surface area contributed by atoms with Crippen molar-refractivity contribution in [3.05, 3.63) is 29.6 Å². The Bertz CT molecular complexity index is 452. The normalized spacial score (nSPS) is 23.1. The van der Waals surface area contributed by atoms with Crippen molar-refractivity contribution >= 4 is 5.91 Å². The van der Waals surface area contributed by atoms with Crippen molar-refractivity contribution in [2.75, 3.05) is 20.1 Å². The van der Waals surface area contributed by atoms with Crippen LogP contribution in [0.5, 0.6) is 0 Å². The van der Waals surface area contributed by atoms with E-state index in [9.17, 15) is 4.79 Å². The Kier molecular flexibility index (Phi) is 4.20. The second-order valence-electron chi connectivity index (χ2n) is 5.77. The lowest BCUT2D eigenvalue weighted by atomic mass is 9.81. The second-order valence-corrected chi connectivity index (χ2v) is 5.77. The molecule has 1 aromatic rings. The molecule has 1 aromatic heterocycles. The van der Waals surface area contributed by atoms with Crippen molar-refractivity contribution in [3.63, 3.8) is 0 Å². The molecule has 0 bridgehead atoms. The van der Waals surface area contributed by atoms with Gasteiger partial charge in [-0.15, -0.1) is 0 Å². The highest BCUT2D eigenvalue weighted by Gasteiger charge is 2.36. The number of nitrogens with one attached hydrogen (secondary N) is 1. The van der Waals surface area contributed by atoms with Gasteiger partial charge in [-0.05, 0) is 45.4 Å². The highest BCUT2D eigenvalue weighted by molar-refractivity contribution is 5.82. The van der Waals surface area contributed by atoms with Crippen LogP contribution in [0.15, 0.2) is 18.2 Å². The van der Waals surface area contributed by atoms with Gasteiger partial charge in [0.1, 0.15) is 0 Å². The van der Waals surface area contributed by atoms with Crippen LogP contribution >= 0.6 is 0 Å². The van der Waals surface area contributed by atoms with Crippen LogP contribution in [-0.4, -0.2) is 35.9 Å². The van der Waals surface area contributed by atoms with Gasteiger partial charge in [0, 0.05) is 19.3 Å². The lowest BCUT2D eigenvalue weighted by molar-refractivity contribution is -0.141. The van der Waals surface area contributed by atoms with E-state index in [1.807, 2.05) is 32.2 Å². The van der Waals surface area contributed by atoms with Gasteiger partial charge in [-0.3, -0.25) is 9.78 Å². The fourth-order valence-corrected chi connectivity index (χ4v) is 2.70. The molecule has 2 heterocycles. The van der Waals surface area contributed by atoms with Crippen molar-refractivity contribution in [1.82, 2.24) is 15.2 Å². The number of piperidine rings is 1. The fraction of sp³-hybridized carbons (Fsp3) is 0.600. The number of amides is 1. The molecule has 0 aliphatic carbocycles. The van der Waals surface area contributed by atoms with Gasteiger partial charge in [0.25, 0.3) is 0 Å². The van der Waals surface area contributed by atoms with Crippen molar-refractivity contribution in [2.45, 2.75) is 33.2 Å². The van der Waals surface area contributed by atoms with Crippen LogP contribution in [0.4, 0.5) is 0 Å². The number of nitrogens with zero attached hydrogens (tertiary/aromatic N) is 2. The minimum Gasteiger partial charge on any atom is -0.339 e. The number of carbonyl (C=O) groups is 1. The predicted molar refractivity (Wildman–Crippen MR) is 75.7 cm³/mol. The summed E-state index contributed by atoms with van der Waals surface area (Å²) >= 11 is 0. The monoisotopic (exact) mass is 261 g/mol.